The van der Waals surface area contributed by atoms with Gasteiger partial charge in [-0.3, -0.25) is 0 Å². The monoisotopic (exact) mass is 319 g/mol. The highest BCUT2D eigenvalue weighted by atomic mass is 35.5. The number of benzene rings is 1. The summed E-state index contributed by atoms with van der Waals surface area (Å²) in [5.41, 5.74) is 4.06. The van der Waals surface area contributed by atoms with Crippen molar-refractivity contribution in [3.05, 3.63) is 34.1 Å². The predicted molar refractivity (Wildman–Crippen MR) is 70.1 cm³/mol. The maximum absolute atomic E-state index is 13.8. The van der Waals surface area contributed by atoms with Crippen LogP contribution in [0.25, 0.3) is 0 Å². The topological polar surface area (TPSA) is 26.0 Å². The van der Waals surface area contributed by atoms with Crippen LogP contribution in [0.15, 0.2) is 12.1 Å². The Hall–Kier alpha value is -0.520. The highest BCUT2D eigenvalue weighted by Crippen LogP contribution is 2.38. The molecular formula is C12H15Cl2F4N. The first-order valence-electron chi connectivity index (χ1n) is 5.59. The fourth-order valence-electron chi connectivity index (χ4n) is 1.74. The van der Waals surface area contributed by atoms with Gasteiger partial charge in [-0.2, -0.15) is 13.2 Å². The van der Waals surface area contributed by atoms with Crippen LogP contribution in [0.2, 0.25) is 5.02 Å². The first-order chi connectivity index (χ1) is 8.29. The number of alkyl halides is 3. The minimum atomic E-state index is -4.63. The van der Waals surface area contributed by atoms with Gasteiger partial charge in [0.15, 0.2) is 0 Å². The molecule has 0 heterocycles. The molecule has 0 aliphatic rings. The van der Waals surface area contributed by atoms with Gasteiger partial charge in [0, 0.05) is 11.6 Å². The molecule has 0 fully saturated rings. The average molecular weight is 320 g/mol. The number of nitrogens with two attached hydrogens (primary N) is 1. The second-order valence-electron chi connectivity index (χ2n) is 4.07. The lowest BCUT2D eigenvalue weighted by Gasteiger charge is -2.19. The van der Waals surface area contributed by atoms with E-state index in [0.29, 0.717) is 6.42 Å². The quantitative estimate of drug-likeness (QED) is 0.767. The van der Waals surface area contributed by atoms with Crippen LogP contribution in [0, 0.1) is 5.82 Å². The molecule has 1 nitrogen and oxygen atoms in total. The van der Waals surface area contributed by atoms with Crippen molar-refractivity contribution < 1.29 is 17.6 Å². The molecule has 110 valence electrons. The number of halogens is 6. The molecule has 1 rings (SSSR count). The Morgan fingerprint density at radius 1 is 1.32 bits per heavy atom. The second-order valence-corrected chi connectivity index (χ2v) is 4.48. The third kappa shape index (κ3) is 4.51. The Balaban J connectivity index is 0.00000324. The van der Waals surface area contributed by atoms with Crippen LogP contribution >= 0.6 is 24.0 Å². The van der Waals surface area contributed by atoms with Crippen molar-refractivity contribution in [1.82, 2.24) is 0 Å². The zero-order valence-corrected chi connectivity index (χ0v) is 11.8. The number of hydrogen-bond donors (Lipinski definition) is 1. The van der Waals surface area contributed by atoms with E-state index in [0.717, 1.165) is 18.6 Å². The SMILES string of the molecule is CCCC[C@H](N)c1c(C(F)(F)F)ccc(Cl)c1F.Cl. The van der Waals surface area contributed by atoms with E-state index in [4.69, 9.17) is 17.3 Å². The first kappa shape index (κ1) is 18.5. The Kier molecular flexibility index (Phi) is 7.11. The summed E-state index contributed by atoms with van der Waals surface area (Å²) in [5, 5.41) is -0.343. The number of rotatable bonds is 4. The summed E-state index contributed by atoms with van der Waals surface area (Å²) in [5.74, 6) is -1.07. The van der Waals surface area contributed by atoms with E-state index in [1.165, 1.54) is 0 Å². The van der Waals surface area contributed by atoms with Crippen LogP contribution in [0.3, 0.4) is 0 Å². The number of unbranched alkanes of at least 4 members (excludes halogenated alkanes) is 1. The predicted octanol–water partition coefficient (Wildman–Crippen LogP) is 5.11. The Labute approximate surface area is 120 Å². The molecule has 0 radical (unpaired) electrons. The molecule has 0 aliphatic carbocycles. The van der Waals surface area contributed by atoms with E-state index in [9.17, 15) is 17.6 Å². The van der Waals surface area contributed by atoms with E-state index in [1.54, 1.807) is 0 Å². The van der Waals surface area contributed by atoms with Gasteiger partial charge in [0.25, 0.3) is 0 Å². The molecule has 2 N–H and O–H groups in total. The third-order valence-corrected chi connectivity index (χ3v) is 2.97. The normalized spacial score (nSPS) is 13.0. The summed E-state index contributed by atoms with van der Waals surface area (Å²) in [6.07, 6.45) is -2.94. The molecule has 1 aromatic rings. The lowest BCUT2D eigenvalue weighted by molar-refractivity contribution is -0.138. The smallest absolute Gasteiger partial charge is 0.324 e. The fourth-order valence-corrected chi connectivity index (χ4v) is 1.91. The van der Waals surface area contributed by atoms with Crippen molar-refractivity contribution in [2.45, 2.75) is 38.4 Å². The average Bonchev–Trinajstić information content (AvgIpc) is 2.27. The zero-order valence-electron chi connectivity index (χ0n) is 10.2. The van der Waals surface area contributed by atoms with E-state index >= 15 is 0 Å². The Morgan fingerprint density at radius 2 is 1.89 bits per heavy atom. The zero-order chi connectivity index (χ0) is 13.9. The van der Waals surface area contributed by atoms with E-state index < -0.39 is 29.2 Å². The summed E-state index contributed by atoms with van der Waals surface area (Å²) in [6, 6.07) is 0.669. The summed E-state index contributed by atoms with van der Waals surface area (Å²) in [4.78, 5) is 0. The van der Waals surface area contributed by atoms with Crippen LogP contribution in [0.4, 0.5) is 17.6 Å². The highest BCUT2D eigenvalue weighted by Gasteiger charge is 2.36. The van der Waals surface area contributed by atoms with E-state index in [-0.39, 0.29) is 23.9 Å². The van der Waals surface area contributed by atoms with Gasteiger partial charge in [-0.15, -0.1) is 12.4 Å². The van der Waals surface area contributed by atoms with E-state index in [2.05, 4.69) is 0 Å². The summed E-state index contributed by atoms with van der Waals surface area (Å²) >= 11 is 5.52. The molecule has 0 saturated heterocycles. The van der Waals surface area contributed by atoms with Crippen LogP contribution < -0.4 is 5.73 Å². The van der Waals surface area contributed by atoms with Crippen molar-refractivity contribution in [2.24, 2.45) is 5.73 Å². The lowest BCUT2D eigenvalue weighted by atomic mass is 9.96. The van der Waals surface area contributed by atoms with Crippen molar-refractivity contribution >= 4 is 24.0 Å². The highest BCUT2D eigenvalue weighted by molar-refractivity contribution is 6.30. The lowest BCUT2D eigenvalue weighted by Crippen LogP contribution is -2.19. The van der Waals surface area contributed by atoms with Crippen LogP contribution in [-0.2, 0) is 6.18 Å². The third-order valence-electron chi connectivity index (χ3n) is 2.68. The standard InChI is InChI=1S/C12H14ClF4N.ClH/c1-2-3-4-9(18)10-7(12(15,16)17)5-6-8(13)11(10)14;/h5-6,9H,2-4,18H2,1H3;1H/t9-;/m0./s1. The molecule has 0 bridgehead atoms. The minimum Gasteiger partial charge on any atom is -0.324 e. The molecule has 0 saturated carbocycles. The Bertz CT molecular complexity index is 421. The molecule has 0 aliphatic heterocycles. The molecule has 1 aromatic carbocycles. The van der Waals surface area contributed by atoms with Crippen molar-refractivity contribution in [3.8, 4) is 0 Å². The Morgan fingerprint density at radius 3 is 2.37 bits per heavy atom. The maximum atomic E-state index is 13.8. The van der Waals surface area contributed by atoms with Gasteiger partial charge in [-0.05, 0) is 18.6 Å². The second kappa shape index (κ2) is 7.31. The fraction of sp³-hybridized carbons (Fsp3) is 0.500. The molecule has 0 amide bonds. The van der Waals surface area contributed by atoms with Gasteiger partial charge >= 0.3 is 6.18 Å². The summed E-state index contributed by atoms with van der Waals surface area (Å²) < 4.78 is 52.1. The van der Waals surface area contributed by atoms with Crippen LogP contribution in [0.1, 0.15) is 43.4 Å². The summed E-state index contributed by atoms with van der Waals surface area (Å²) in [7, 11) is 0. The summed E-state index contributed by atoms with van der Waals surface area (Å²) in [6.45, 7) is 1.88. The van der Waals surface area contributed by atoms with Crippen LogP contribution in [0.5, 0.6) is 0 Å². The van der Waals surface area contributed by atoms with Gasteiger partial charge in [0.05, 0.1) is 10.6 Å². The molecule has 7 heteroatoms. The molecular weight excluding hydrogens is 305 g/mol. The first-order valence-corrected chi connectivity index (χ1v) is 5.97. The molecule has 0 spiro atoms. The maximum Gasteiger partial charge on any atom is 0.416 e. The molecule has 19 heavy (non-hydrogen) atoms. The van der Waals surface area contributed by atoms with Gasteiger partial charge < -0.3 is 5.73 Å². The van der Waals surface area contributed by atoms with Crippen molar-refractivity contribution in [3.63, 3.8) is 0 Å². The van der Waals surface area contributed by atoms with E-state index in [1.807, 2.05) is 6.92 Å². The molecule has 0 aromatic heterocycles. The van der Waals surface area contributed by atoms with Gasteiger partial charge in [-0.1, -0.05) is 31.4 Å². The molecule has 1 atom stereocenters. The van der Waals surface area contributed by atoms with Gasteiger partial charge in [-0.25, -0.2) is 4.39 Å². The van der Waals surface area contributed by atoms with Crippen molar-refractivity contribution in [2.75, 3.05) is 0 Å². The molecule has 0 unspecified atom stereocenters. The van der Waals surface area contributed by atoms with Crippen molar-refractivity contribution in [1.29, 1.82) is 0 Å². The number of hydrogen-bond acceptors (Lipinski definition) is 1. The minimum absolute atomic E-state index is 0. The van der Waals surface area contributed by atoms with Crippen LogP contribution in [-0.4, -0.2) is 0 Å². The largest absolute Gasteiger partial charge is 0.416 e. The van der Waals surface area contributed by atoms with Gasteiger partial charge in [0.1, 0.15) is 5.82 Å². The van der Waals surface area contributed by atoms with Gasteiger partial charge in [0.2, 0.25) is 0 Å².